The molecule has 1 amide bonds. The molecule has 0 spiro atoms. The van der Waals surface area contributed by atoms with E-state index in [1.165, 1.54) is 11.8 Å². The first-order valence-corrected chi connectivity index (χ1v) is 9.26. The molecular weight excluding hydrogens is 344 g/mol. The molecule has 2 aromatic rings. The van der Waals surface area contributed by atoms with Gasteiger partial charge >= 0.3 is 0 Å². The fraction of sp³-hybridized carbons (Fsp3) is 0.353. The van der Waals surface area contributed by atoms with Crippen LogP contribution < -0.4 is 0 Å². The summed E-state index contributed by atoms with van der Waals surface area (Å²) in [6, 6.07) is 7.48. The summed E-state index contributed by atoms with van der Waals surface area (Å²) in [5.41, 5.74) is 0.937. The Labute approximate surface area is 150 Å². The van der Waals surface area contributed by atoms with Crippen LogP contribution >= 0.6 is 23.4 Å². The second-order valence-electron chi connectivity index (χ2n) is 5.59. The third-order valence-corrected chi connectivity index (χ3v) is 5.12. The summed E-state index contributed by atoms with van der Waals surface area (Å²) in [6.07, 6.45) is 4.00. The van der Waals surface area contributed by atoms with Gasteiger partial charge in [-0.05, 0) is 37.1 Å². The quantitative estimate of drug-likeness (QED) is 0.583. The van der Waals surface area contributed by atoms with Gasteiger partial charge in [-0.2, -0.15) is 0 Å². The molecule has 0 unspecified atom stereocenters. The number of benzene rings is 1. The van der Waals surface area contributed by atoms with Gasteiger partial charge in [0.1, 0.15) is 0 Å². The van der Waals surface area contributed by atoms with Crippen LogP contribution in [-0.2, 0) is 11.3 Å². The van der Waals surface area contributed by atoms with Crippen molar-refractivity contribution in [2.45, 2.75) is 24.5 Å². The first-order chi connectivity index (χ1) is 11.7. The maximum Gasteiger partial charge on any atom is 0.233 e. The number of allylic oxidation sites excluding steroid dienone is 1. The largest absolute Gasteiger partial charge is 0.342 e. The van der Waals surface area contributed by atoms with Gasteiger partial charge in [-0.1, -0.05) is 29.4 Å². The number of thioether (sulfide) groups is 1. The van der Waals surface area contributed by atoms with E-state index < -0.39 is 0 Å². The van der Waals surface area contributed by atoms with Crippen molar-refractivity contribution in [2.24, 2.45) is 0 Å². The molecule has 126 valence electrons. The molecule has 0 bridgehead atoms. The molecule has 7 heteroatoms. The Bertz CT molecular complexity index is 723. The predicted molar refractivity (Wildman–Crippen MR) is 97.2 cm³/mol. The molecule has 1 saturated heterocycles. The van der Waals surface area contributed by atoms with Crippen LogP contribution in [0.2, 0.25) is 5.02 Å². The Morgan fingerprint density at radius 1 is 1.25 bits per heavy atom. The summed E-state index contributed by atoms with van der Waals surface area (Å²) >= 11 is 7.37. The van der Waals surface area contributed by atoms with Gasteiger partial charge < -0.3 is 4.90 Å². The lowest BCUT2D eigenvalue weighted by molar-refractivity contribution is -0.127. The minimum absolute atomic E-state index is 0.165. The first kappa shape index (κ1) is 17.0. The number of likely N-dealkylation sites (tertiary alicyclic amines) is 1. The third kappa shape index (κ3) is 3.82. The van der Waals surface area contributed by atoms with Crippen molar-refractivity contribution >= 4 is 29.3 Å². The fourth-order valence-electron chi connectivity index (χ4n) is 2.69. The molecule has 3 rings (SSSR count). The standard InChI is InChI=1S/C17H19ClN4OS/c1-2-9-22-16(13-5-7-14(18)8-6-13)19-20-17(22)24-12-15(23)21-10-3-4-11-21/h2,5-8H,1,3-4,9-12H2. The molecule has 24 heavy (non-hydrogen) atoms. The maximum absolute atomic E-state index is 12.2. The summed E-state index contributed by atoms with van der Waals surface area (Å²) in [6.45, 7) is 6.13. The number of halogens is 1. The van der Waals surface area contributed by atoms with Gasteiger partial charge in [0.05, 0.1) is 5.75 Å². The van der Waals surface area contributed by atoms with Crippen LogP contribution in [0.5, 0.6) is 0 Å². The zero-order valence-corrected chi connectivity index (χ0v) is 14.9. The van der Waals surface area contributed by atoms with Crippen molar-refractivity contribution in [1.82, 2.24) is 19.7 Å². The molecule has 0 saturated carbocycles. The summed E-state index contributed by atoms with van der Waals surface area (Å²) in [5, 5.41) is 9.95. The third-order valence-electron chi connectivity index (χ3n) is 3.91. The molecule has 5 nitrogen and oxygen atoms in total. The van der Waals surface area contributed by atoms with Crippen LogP contribution in [0.3, 0.4) is 0 Å². The average Bonchev–Trinajstić information content (AvgIpc) is 3.24. The monoisotopic (exact) mass is 362 g/mol. The van der Waals surface area contributed by atoms with Crippen molar-refractivity contribution in [1.29, 1.82) is 0 Å². The number of hydrogen-bond acceptors (Lipinski definition) is 4. The van der Waals surface area contributed by atoms with E-state index in [1.54, 1.807) is 6.08 Å². The minimum Gasteiger partial charge on any atom is -0.342 e. The molecule has 1 aliphatic heterocycles. The van der Waals surface area contributed by atoms with E-state index in [4.69, 9.17) is 11.6 Å². The number of amides is 1. The van der Waals surface area contributed by atoms with Crippen molar-refractivity contribution in [2.75, 3.05) is 18.8 Å². The van der Waals surface area contributed by atoms with E-state index in [0.717, 1.165) is 42.5 Å². The number of hydrogen-bond donors (Lipinski definition) is 0. The number of carbonyl (C=O) groups is 1. The summed E-state index contributed by atoms with van der Waals surface area (Å²) < 4.78 is 1.97. The summed E-state index contributed by atoms with van der Waals surface area (Å²) in [4.78, 5) is 14.1. The van der Waals surface area contributed by atoms with Crippen LogP contribution in [0.4, 0.5) is 0 Å². The van der Waals surface area contributed by atoms with E-state index in [9.17, 15) is 4.79 Å². The van der Waals surface area contributed by atoms with Gasteiger partial charge in [-0.3, -0.25) is 9.36 Å². The molecule has 1 aliphatic rings. The molecule has 2 heterocycles. The van der Waals surface area contributed by atoms with Crippen LogP contribution in [0, 0.1) is 0 Å². The highest BCUT2D eigenvalue weighted by atomic mass is 35.5. The van der Waals surface area contributed by atoms with Gasteiger partial charge in [0.25, 0.3) is 0 Å². The molecule has 1 aromatic carbocycles. The van der Waals surface area contributed by atoms with E-state index in [0.29, 0.717) is 17.3 Å². The minimum atomic E-state index is 0.165. The van der Waals surface area contributed by atoms with Gasteiger partial charge in [-0.15, -0.1) is 16.8 Å². The number of aromatic nitrogens is 3. The highest BCUT2D eigenvalue weighted by molar-refractivity contribution is 7.99. The smallest absolute Gasteiger partial charge is 0.233 e. The van der Waals surface area contributed by atoms with E-state index in [2.05, 4.69) is 16.8 Å². The predicted octanol–water partition coefficient (Wildman–Crippen LogP) is 3.50. The van der Waals surface area contributed by atoms with Crippen molar-refractivity contribution < 1.29 is 4.79 Å². The summed E-state index contributed by atoms with van der Waals surface area (Å²) in [5.74, 6) is 1.30. The molecule has 0 N–H and O–H groups in total. The lowest BCUT2D eigenvalue weighted by Gasteiger charge is -2.14. The van der Waals surface area contributed by atoms with Crippen molar-refractivity contribution in [3.05, 3.63) is 41.9 Å². The van der Waals surface area contributed by atoms with E-state index in [1.807, 2.05) is 33.7 Å². The Kier molecular flexibility index (Phi) is 5.58. The highest BCUT2D eigenvalue weighted by Crippen LogP contribution is 2.25. The van der Waals surface area contributed by atoms with Crippen LogP contribution in [0.15, 0.2) is 42.1 Å². The normalized spacial score (nSPS) is 14.1. The Morgan fingerprint density at radius 2 is 1.96 bits per heavy atom. The second-order valence-corrected chi connectivity index (χ2v) is 6.97. The maximum atomic E-state index is 12.2. The lowest BCUT2D eigenvalue weighted by Crippen LogP contribution is -2.29. The highest BCUT2D eigenvalue weighted by Gasteiger charge is 2.20. The number of nitrogens with zero attached hydrogens (tertiary/aromatic N) is 4. The molecule has 0 aliphatic carbocycles. The van der Waals surface area contributed by atoms with Crippen LogP contribution in [0.1, 0.15) is 12.8 Å². The fourth-order valence-corrected chi connectivity index (χ4v) is 3.66. The van der Waals surface area contributed by atoms with E-state index >= 15 is 0 Å². The Balaban J connectivity index is 1.76. The van der Waals surface area contributed by atoms with Crippen LogP contribution in [-0.4, -0.2) is 44.4 Å². The lowest BCUT2D eigenvalue weighted by atomic mass is 10.2. The Morgan fingerprint density at radius 3 is 2.62 bits per heavy atom. The van der Waals surface area contributed by atoms with Gasteiger partial charge in [0, 0.05) is 30.2 Å². The number of rotatable bonds is 6. The average molecular weight is 363 g/mol. The molecule has 1 fully saturated rings. The zero-order valence-electron chi connectivity index (χ0n) is 13.3. The SMILES string of the molecule is C=CCn1c(SCC(=O)N2CCCC2)nnc1-c1ccc(Cl)cc1. The molecule has 0 radical (unpaired) electrons. The zero-order chi connectivity index (χ0) is 16.9. The Hall–Kier alpha value is -1.79. The topological polar surface area (TPSA) is 51.0 Å². The molecule has 0 atom stereocenters. The summed E-state index contributed by atoms with van der Waals surface area (Å²) in [7, 11) is 0. The second kappa shape index (κ2) is 7.85. The molecule has 1 aromatic heterocycles. The van der Waals surface area contributed by atoms with Crippen LogP contribution in [0.25, 0.3) is 11.4 Å². The van der Waals surface area contributed by atoms with Gasteiger partial charge in [-0.25, -0.2) is 0 Å². The van der Waals surface area contributed by atoms with E-state index in [-0.39, 0.29) is 5.91 Å². The van der Waals surface area contributed by atoms with Gasteiger partial charge in [0.15, 0.2) is 11.0 Å². The van der Waals surface area contributed by atoms with Crippen molar-refractivity contribution in [3.63, 3.8) is 0 Å². The number of carbonyl (C=O) groups excluding carboxylic acids is 1. The van der Waals surface area contributed by atoms with Crippen molar-refractivity contribution in [3.8, 4) is 11.4 Å². The molecular formula is C17H19ClN4OS. The van der Waals surface area contributed by atoms with Gasteiger partial charge in [0.2, 0.25) is 5.91 Å². The first-order valence-electron chi connectivity index (χ1n) is 7.89.